The lowest BCUT2D eigenvalue weighted by Crippen LogP contribution is -1.98. The Morgan fingerprint density at radius 3 is 2.71 bits per heavy atom. The molecule has 0 radical (unpaired) electrons. The summed E-state index contributed by atoms with van der Waals surface area (Å²) in [7, 11) is 0. The summed E-state index contributed by atoms with van der Waals surface area (Å²) in [6.45, 7) is 0. The van der Waals surface area contributed by atoms with E-state index in [0.717, 1.165) is 21.1 Å². The van der Waals surface area contributed by atoms with E-state index in [2.05, 4.69) is 32.3 Å². The molecule has 21 heavy (non-hydrogen) atoms. The second kappa shape index (κ2) is 5.72. The number of hydrogen-bond donors (Lipinski definition) is 1. The van der Waals surface area contributed by atoms with Gasteiger partial charge in [-0.3, -0.25) is 0 Å². The SMILES string of the molecule is N#Cc1cc2ccccc2nc1Nc1ccc(Cl)cc1Br. The summed E-state index contributed by atoms with van der Waals surface area (Å²) in [6.07, 6.45) is 0. The second-order valence-corrected chi connectivity index (χ2v) is 5.73. The predicted molar refractivity (Wildman–Crippen MR) is 88.9 cm³/mol. The number of nitrogens with one attached hydrogen (secondary N) is 1. The van der Waals surface area contributed by atoms with Crippen LogP contribution in [0.2, 0.25) is 5.02 Å². The molecular weight excluding hydrogens is 350 g/mol. The van der Waals surface area contributed by atoms with Crippen molar-refractivity contribution in [2.75, 3.05) is 5.32 Å². The van der Waals surface area contributed by atoms with Crippen LogP contribution in [0.5, 0.6) is 0 Å². The first-order valence-electron chi connectivity index (χ1n) is 6.19. The summed E-state index contributed by atoms with van der Waals surface area (Å²) < 4.78 is 0.814. The first kappa shape index (κ1) is 13.9. The van der Waals surface area contributed by atoms with Crippen LogP contribution in [0.3, 0.4) is 0 Å². The molecular formula is C16H9BrClN3. The zero-order valence-corrected chi connectivity index (χ0v) is 13.1. The van der Waals surface area contributed by atoms with Crippen LogP contribution in [0.1, 0.15) is 5.56 Å². The maximum absolute atomic E-state index is 9.31. The molecule has 0 saturated carbocycles. The summed E-state index contributed by atoms with van der Waals surface area (Å²) in [4.78, 5) is 4.52. The Bertz CT molecular complexity index is 871. The van der Waals surface area contributed by atoms with Crippen molar-refractivity contribution in [3.63, 3.8) is 0 Å². The third-order valence-electron chi connectivity index (χ3n) is 3.03. The van der Waals surface area contributed by atoms with Crippen molar-refractivity contribution in [1.82, 2.24) is 4.98 Å². The molecule has 102 valence electrons. The molecule has 0 unspecified atom stereocenters. The van der Waals surface area contributed by atoms with Gasteiger partial charge in [-0.15, -0.1) is 0 Å². The molecule has 3 aromatic rings. The van der Waals surface area contributed by atoms with Gasteiger partial charge in [-0.1, -0.05) is 29.8 Å². The van der Waals surface area contributed by atoms with Gasteiger partial charge in [0, 0.05) is 14.9 Å². The third kappa shape index (κ3) is 2.85. The predicted octanol–water partition coefficient (Wildman–Crippen LogP) is 5.27. The number of fused-ring (bicyclic) bond motifs is 1. The molecule has 0 aliphatic carbocycles. The second-order valence-electron chi connectivity index (χ2n) is 4.44. The normalized spacial score (nSPS) is 10.3. The molecule has 1 N–H and O–H groups in total. The first-order valence-corrected chi connectivity index (χ1v) is 7.36. The lowest BCUT2D eigenvalue weighted by Gasteiger charge is -2.10. The van der Waals surface area contributed by atoms with Gasteiger partial charge in [-0.05, 0) is 46.3 Å². The molecule has 3 nitrogen and oxygen atoms in total. The largest absolute Gasteiger partial charge is 0.338 e. The van der Waals surface area contributed by atoms with Crippen LogP contribution >= 0.6 is 27.5 Å². The monoisotopic (exact) mass is 357 g/mol. The Kier molecular flexibility index (Phi) is 3.78. The highest BCUT2D eigenvalue weighted by Crippen LogP contribution is 2.30. The molecule has 0 spiro atoms. The molecule has 0 aliphatic heterocycles. The van der Waals surface area contributed by atoms with E-state index in [-0.39, 0.29) is 0 Å². The number of benzene rings is 2. The van der Waals surface area contributed by atoms with Crippen LogP contribution in [0.15, 0.2) is 53.0 Å². The van der Waals surface area contributed by atoms with E-state index in [4.69, 9.17) is 11.6 Å². The Hall–Kier alpha value is -2.09. The smallest absolute Gasteiger partial charge is 0.149 e. The fourth-order valence-electron chi connectivity index (χ4n) is 2.01. The van der Waals surface area contributed by atoms with E-state index in [1.165, 1.54) is 0 Å². The van der Waals surface area contributed by atoms with Crippen LogP contribution < -0.4 is 5.32 Å². The molecule has 1 aromatic heterocycles. The van der Waals surface area contributed by atoms with Crippen LogP contribution in [0.25, 0.3) is 10.9 Å². The fourth-order valence-corrected chi connectivity index (χ4v) is 2.80. The molecule has 0 saturated heterocycles. The highest BCUT2D eigenvalue weighted by molar-refractivity contribution is 9.10. The molecule has 2 aromatic carbocycles. The van der Waals surface area contributed by atoms with Crippen molar-refractivity contribution in [1.29, 1.82) is 5.26 Å². The zero-order valence-electron chi connectivity index (χ0n) is 10.8. The number of pyridine rings is 1. The molecule has 0 fully saturated rings. The summed E-state index contributed by atoms with van der Waals surface area (Å²) in [5.74, 6) is 0.527. The number of para-hydroxylation sites is 1. The molecule has 3 rings (SSSR count). The van der Waals surface area contributed by atoms with Crippen LogP contribution in [0.4, 0.5) is 11.5 Å². The minimum absolute atomic E-state index is 0.496. The zero-order chi connectivity index (χ0) is 14.8. The Balaban J connectivity index is 2.09. The van der Waals surface area contributed by atoms with Crippen molar-refractivity contribution in [2.45, 2.75) is 0 Å². The maximum atomic E-state index is 9.31. The van der Waals surface area contributed by atoms with Crippen molar-refractivity contribution in [2.24, 2.45) is 0 Å². The van der Waals surface area contributed by atoms with Gasteiger partial charge in [0.2, 0.25) is 0 Å². The maximum Gasteiger partial charge on any atom is 0.149 e. The number of aromatic nitrogens is 1. The lowest BCUT2D eigenvalue weighted by atomic mass is 10.1. The highest BCUT2D eigenvalue weighted by atomic mass is 79.9. The standard InChI is InChI=1S/C16H9BrClN3/c17-13-8-12(18)5-6-15(13)21-16-11(9-19)7-10-3-1-2-4-14(10)20-16/h1-8H,(H,20,21). The Morgan fingerprint density at radius 2 is 1.95 bits per heavy atom. The van der Waals surface area contributed by atoms with Gasteiger partial charge in [0.05, 0.1) is 16.8 Å². The number of nitrogens with zero attached hydrogens (tertiary/aromatic N) is 2. The number of nitriles is 1. The van der Waals surface area contributed by atoms with Crippen molar-refractivity contribution < 1.29 is 0 Å². The summed E-state index contributed by atoms with van der Waals surface area (Å²) in [6, 6.07) is 17.1. The minimum Gasteiger partial charge on any atom is -0.338 e. The van der Waals surface area contributed by atoms with E-state index in [1.54, 1.807) is 12.1 Å². The van der Waals surface area contributed by atoms with E-state index >= 15 is 0 Å². The summed E-state index contributed by atoms with van der Waals surface area (Å²) in [5.41, 5.74) is 2.14. The van der Waals surface area contributed by atoms with Crippen molar-refractivity contribution in [3.05, 3.63) is 63.6 Å². The lowest BCUT2D eigenvalue weighted by molar-refractivity contribution is 1.34. The van der Waals surface area contributed by atoms with Gasteiger partial charge in [0.25, 0.3) is 0 Å². The van der Waals surface area contributed by atoms with Gasteiger partial charge in [0.15, 0.2) is 0 Å². The van der Waals surface area contributed by atoms with E-state index in [9.17, 15) is 5.26 Å². The average Bonchev–Trinajstić information content (AvgIpc) is 2.49. The van der Waals surface area contributed by atoms with E-state index in [0.29, 0.717) is 16.4 Å². The Labute approximate surface area is 135 Å². The van der Waals surface area contributed by atoms with Crippen molar-refractivity contribution in [3.8, 4) is 6.07 Å². The average molecular weight is 359 g/mol. The van der Waals surface area contributed by atoms with Gasteiger partial charge in [-0.25, -0.2) is 4.98 Å². The Morgan fingerprint density at radius 1 is 1.14 bits per heavy atom. The number of anilines is 2. The van der Waals surface area contributed by atoms with Gasteiger partial charge < -0.3 is 5.32 Å². The van der Waals surface area contributed by atoms with Crippen LogP contribution in [-0.2, 0) is 0 Å². The molecule has 0 aliphatic rings. The van der Waals surface area contributed by atoms with Gasteiger partial charge in [0.1, 0.15) is 11.9 Å². The van der Waals surface area contributed by atoms with E-state index < -0.39 is 0 Å². The molecule has 0 atom stereocenters. The first-order chi connectivity index (χ1) is 10.2. The molecule has 1 heterocycles. The van der Waals surface area contributed by atoms with Gasteiger partial charge in [-0.2, -0.15) is 5.26 Å². The van der Waals surface area contributed by atoms with E-state index in [1.807, 2.05) is 36.4 Å². The highest BCUT2D eigenvalue weighted by Gasteiger charge is 2.09. The fraction of sp³-hybridized carbons (Fsp3) is 0. The number of halogens is 2. The quantitative estimate of drug-likeness (QED) is 0.679. The topological polar surface area (TPSA) is 48.7 Å². The van der Waals surface area contributed by atoms with Crippen molar-refractivity contribution >= 4 is 49.9 Å². The number of hydrogen-bond acceptors (Lipinski definition) is 3. The number of rotatable bonds is 2. The minimum atomic E-state index is 0.496. The molecule has 0 amide bonds. The third-order valence-corrected chi connectivity index (χ3v) is 3.92. The summed E-state index contributed by atoms with van der Waals surface area (Å²) >= 11 is 9.37. The molecule has 5 heteroatoms. The van der Waals surface area contributed by atoms with Crippen LogP contribution in [-0.4, -0.2) is 4.98 Å². The van der Waals surface area contributed by atoms with Gasteiger partial charge >= 0.3 is 0 Å². The van der Waals surface area contributed by atoms with Crippen LogP contribution in [0, 0.1) is 11.3 Å². The molecule has 0 bridgehead atoms. The summed E-state index contributed by atoms with van der Waals surface area (Å²) in [5, 5.41) is 14.1.